The van der Waals surface area contributed by atoms with Crippen molar-refractivity contribution < 1.29 is 9.63 Å². The van der Waals surface area contributed by atoms with Crippen LogP contribution in [-0.2, 0) is 13.1 Å². The van der Waals surface area contributed by atoms with Crippen LogP contribution in [0.25, 0.3) is 33.2 Å². The minimum Gasteiger partial charge on any atom is -0.508 e. The SMILES string of the molecule is C#Cc1cccc2nc(Cn3nc(-c4ccc(O)cc4)c4c(N)ncnc43)n(Cc3cc(C)on3)c(=O)c12. The highest BCUT2D eigenvalue weighted by atomic mass is 16.5. The molecule has 0 fully saturated rings. The van der Waals surface area contributed by atoms with Gasteiger partial charge in [0.05, 0.1) is 22.8 Å². The summed E-state index contributed by atoms with van der Waals surface area (Å²) in [6.07, 6.45) is 7.04. The van der Waals surface area contributed by atoms with E-state index in [-0.39, 0.29) is 30.2 Å². The zero-order valence-electron chi connectivity index (χ0n) is 20.2. The van der Waals surface area contributed by atoms with Gasteiger partial charge in [0.2, 0.25) is 0 Å². The molecule has 0 bridgehead atoms. The Balaban J connectivity index is 1.56. The van der Waals surface area contributed by atoms with Crippen LogP contribution >= 0.6 is 0 Å². The van der Waals surface area contributed by atoms with Crippen LogP contribution in [0.4, 0.5) is 5.82 Å². The molecule has 0 aliphatic rings. The molecule has 0 atom stereocenters. The van der Waals surface area contributed by atoms with Gasteiger partial charge in [-0.3, -0.25) is 9.36 Å². The number of rotatable bonds is 5. The lowest BCUT2D eigenvalue weighted by atomic mass is 10.1. The molecule has 6 rings (SSSR count). The molecule has 0 radical (unpaired) electrons. The number of hydrogen-bond acceptors (Lipinski definition) is 9. The lowest BCUT2D eigenvalue weighted by Gasteiger charge is -2.13. The Morgan fingerprint density at radius 1 is 1.11 bits per heavy atom. The van der Waals surface area contributed by atoms with Gasteiger partial charge in [0.15, 0.2) is 5.65 Å². The molecular formula is C27H20N8O3. The second-order valence-corrected chi connectivity index (χ2v) is 8.70. The average molecular weight is 505 g/mol. The number of nitrogen functional groups attached to an aromatic ring is 1. The molecule has 0 saturated carbocycles. The van der Waals surface area contributed by atoms with Crippen molar-refractivity contribution in [2.45, 2.75) is 20.0 Å². The molecule has 11 heteroatoms. The van der Waals surface area contributed by atoms with E-state index in [2.05, 4.69) is 21.0 Å². The van der Waals surface area contributed by atoms with E-state index in [0.717, 1.165) is 0 Å². The van der Waals surface area contributed by atoms with Crippen molar-refractivity contribution in [2.24, 2.45) is 0 Å². The molecule has 4 aromatic heterocycles. The summed E-state index contributed by atoms with van der Waals surface area (Å²) in [5.41, 5.74) is 9.14. The summed E-state index contributed by atoms with van der Waals surface area (Å²) >= 11 is 0. The van der Waals surface area contributed by atoms with Gasteiger partial charge in [-0.2, -0.15) is 5.10 Å². The molecule has 3 N–H and O–H groups in total. The van der Waals surface area contributed by atoms with E-state index in [1.165, 1.54) is 10.9 Å². The van der Waals surface area contributed by atoms with Crippen molar-refractivity contribution >= 4 is 27.8 Å². The first-order valence-electron chi connectivity index (χ1n) is 11.6. The number of phenols is 1. The van der Waals surface area contributed by atoms with E-state index in [1.54, 1.807) is 60.1 Å². The van der Waals surface area contributed by atoms with Gasteiger partial charge in [-0.15, -0.1) is 6.42 Å². The van der Waals surface area contributed by atoms with E-state index in [4.69, 9.17) is 26.8 Å². The molecule has 6 aromatic rings. The molecule has 186 valence electrons. The summed E-state index contributed by atoms with van der Waals surface area (Å²) in [7, 11) is 0. The van der Waals surface area contributed by atoms with Crippen molar-refractivity contribution in [3.63, 3.8) is 0 Å². The molecule has 0 unspecified atom stereocenters. The van der Waals surface area contributed by atoms with E-state index in [0.29, 0.717) is 56.0 Å². The minimum absolute atomic E-state index is 0.0906. The zero-order valence-corrected chi connectivity index (χ0v) is 20.2. The summed E-state index contributed by atoms with van der Waals surface area (Å²) in [5, 5.41) is 19.5. The van der Waals surface area contributed by atoms with Crippen LogP contribution in [0.15, 0.2) is 64.2 Å². The summed E-state index contributed by atoms with van der Waals surface area (Å²) in [4.78, 5) is 27.1. The number of terminal acetylenes is 1. The topological polar surface area (TPSA) is 151 Å². The quantitative estimate of drug-likeness (QED) is 0.338. The number of phenolic OH excluding ortho intramolecular Hbond substituents is 1. The Morgan fingerprint density at radius 2 is 1.92 bits per heavy atom. The van der Waals surface area contributed by atoms with Gasteiger partial charge in [0.25, 0.3) is 5.56 Å². The second kappa shape index (κ2) is 8.86. The van der Waals surface area contributed by atoms with Crippen molar-refractivity contribution in [3.05, 3.63) is 88.1 Å². The summed E-state index contributed by atoms with van der Waals surface area (Å²) in [5.74, 6) is 3.99. The predicted octanol–water partition coefficient (Wildman–Crippen LogP) is 2.87. The Bertz CT molecular complexity index is 1940. The average Bonchev–Trinajstić information content (AvgIpc) is 3.50. The number of aromatic hydroxyl groups is 1. The Hall–Kier alpha value is -5.50. The molecule has 2 aromatic carbocycles. The van der Waals surface area contributed by atoms with Crippen LogP contribution in [0.5, 0.6) is 5.75 Å². The third-order valence-corrected chi connectivity index (χ3v) is 6.21. The van der Waals surface area contributed by atoms with Crippen LogP contribution in [0.3, 0.4) is 0 Å². The summed E-state index contributed by atoms with van der Waals surface area (Å²) in [6.45, 7) is 1.99. The first kappa shape index (κ1) is 22.9. The number of anilines is 1. The van der Waals surface area contributed by atoms with Gasteiger partial charge in [-0.05, 0) is 43.3 Å². The standard InChI is InChI=1S/C27H20N8O3/c1-3-16-5-4-6-20-22(16)27(37)34(12-18-11-15(2)38-33-18)21(31-20)13-35-26-23(25(28)29-14-30-26)24(32-35)17-7-9-19(36)10-8-17/h1,4-11,14,36H,12-13H2,2H3,(H2,28,29,30). The largest absolute Gasteiger partial charge is 0.508 e. The van der Waals surface area contributed by atoms with Gasteiger partial charge in [0, 0.05) is 17.2 Å². The van der Waals surface area contributed by atoms with Gasteiger partial charge >= 0.3 is 0 Å². The normalized spacial score (nSPS) is 11.3. The highest BCUT2D eigenvalue weighted by Gasteiger charge is 2.21. The number of benzene rings is 2. The van der Waals surface area contributed by atoms with Gasteiger partial charge in [-0.25, -0.2) is 19.6 Å². The maximum absolute atomic E-state index is 13.8. The zero-order chi connectivity index (χ0) is 26.4. The third kappa shape index (κ3) is 3.81. The molecule has 0 saturated heterocycles. The number of nitrogens with two attached hydrogens (primary N) is 1. The Labute approximate surface area is 215 Å². The fourth-order valence-corrected chi connectivity index (χ4v) is 4.46. The van der Waals surface area contributed by atoms with Crippen molar-refractivity contribution in [3.8, 4) is 29.4 Å². The van der Waals surface area contributed by atoms with Crippen LogP contribution in [0.1, 0.15) is 22.8 Å². The van der Waals surface area contributed by atoms with Crippen LogP contribution < -0.4 is 11.3 Å². The number of fused-ring (bicyclic) bond motifs is 2. The van der Waals surface area contributed by atoms with E-state index in [9.17, 15) is 9.90 Å². The molecule has 0 spiro atoms. The third-order valence-electron chi connectivity index (χ3n) is 6.21. The summed E-state index contributed by atoms with van der Waals surface area (Å²) in [6, 6.07) is 13.6. The van der Waals surface area contributed by atoms with Crippen molar-refractivity contribution in [1.82, 2.24) is 34.5 Å². The maximum Gasteiger partial charge on any atom is 0.263 e. The lowest BCUT2D eigenvalue weighted by molar-refractivity contribution is 0.388. The van der Waals surface area contributed by atoms with Gasteiger partial charge < -0.3 is 15.4 Å². The lowest BCUT2D eigenvalue weighted by Crippen LogP contribution is -2.28. The monoisotopic (exact) mass is 504 g/mol. The van der Waals surface area contributed by atoms with Crippen molar-refractivity contribution in [2.75, 3.05) is 5.73 Å². The smallest absolute Gasteiger partial charge is 0.263 e. The predicted molar refractivity (Wildman–Crippen MR) is 140 cm³/mol. The summed E-state index contributed by atoms with van der Waals surface area (Å²) < 4.78 is 8.35. The number of aryl methyl sites for hydroxylation is 1. The molecule has 38 heavy (non-hydrogen) atoms. The van der Waals surface area contributed by atoms with Crippen LogP contribution in [0.2, 0.25) is 0 Å². The molecule has 0 aliphatic carbocycles. The highest BCUT2D eigenvalue weighted by molar-refractivity contribution is 5.98. The Kier molecular flexibility index (Phi) is 5.35. The molecular weight excluding hydrogens is 484 g/mol. The van der Waals surface area contributed by atoms with E-state index in [1.807, 2.05) is 0 Å². The van der Waals surface area contributed by atoms with Gasteiger partial charge in [0.1, 0.15) is 47.4 Å². The first-order chi connectivity index (χ1) is 18.4. The molecule has 4 heterocycles. The molecule has 11 nitrogen and oxygen atoms in total. The number of nitrogens with zero attached hydrogens (tertiary/aromatic N) is 7. The van der Waals surface area contributed by atoms with Crippen molar-refractivity contribution in [1.29, 1.82) is 0 Å². The van der Waals surface area contributed by atoms with Crippen LogP contribution in [-0.4, -0.2) is 39.6 Å². The second-order valence-electron chi connectivity index (χ2n) is 8.70. The highest BCUT2D eigenvalue weighted by Crippen LogP contribution is 2.31. The van der Waals surface area contributed by atoms with Gasteiger partial charge in [-0.1, -0.05) is 17.1 Å². The number of aromatic nitrogens is 7. The van der Waals surface area contributed by atoms with E-state index < -0.39 is 0 Å². The minimum atomic E-state index is -0.302. The first-order valence-corrected chi connectivity index (χ1v) is 11.6. The fraction of sp³-hybridized carbons (Fsp3) is 0.111. The molecule has 0 aliphatic heterocycles. The number of hydrogen-bond donors (Lipinski definition) is 2. The maximum atomic E-state index is 13.8. The Morgan fingerprint density at radius 3 is 2.66 bits per heavy atom. The fourth-order valence-electron chi connectivity index (χ4n) is 4.46. The van der Waals surface area contributed by atoms with E-state index >= 15 is 0 Å². The van der Waals surface area contributed by atoms with Crippen LogP contribution in [0, 0.1) is 19.3 Å². The molecule has 0 amide bonds.